The van der Waals surface area contributed by atoms with Crippen LogP contribution in [0.15, 0.2) is 48.5 Å². The first-order valence-corrected chi connectivity index (χ1v) is 10.1. The van der Waals surface area contributed by atoms with E-state index in [2.05, 4.69) is 5.32 Å². The number of nitrogens with zero attached hydrogens (tertiary/aromatic N) is 1. The van der Waals surface area contributed by atoms with Crippen molar-refractivity contribution in [3.05, 3.63) is 64.7 Å². The van der Waals surface area contributed by atoms with E-state index in [0.29, 0.717) is 34.9 Å². The zero-order valence-electron chi connectivity index (χ0n) is 13.6. The summed E-state index contributed by atoms with van der Waals surface area (Å²) in [6.45, 7) is 1.20. The first kappa shape index (κ1) is 17.9. The summed E-state index contributed by atoms with van der Waals surface area (Å²) in [6, 6.07) is 13.5. The minimum absolute atomic E-state index is 0.0385. The molecule has 0 spiro atoms. The average Bonchev–Trinajstić information content (AvgIpc) is 3.10. The van der Waals surface area contributed by atoms with Crippen LogP contribution in [0.1, 0.15) is 28.8 Å². The van der Waals surface area contributed by atoms with E-state index >= 15 is 0 Å². The molecule has 1 amide bonds. The van der Waals surface area contributed by atoms with Crippen LogP contribution >= 0.6 is 11.6 Å². The quantitative estimate of drug-likeness (QED) is 0.865. The topological polar surface area (TPSA) is 66.5 Å². The Morgan fingerprint density at radius 3 is 2.40 bits per heavy atom. The number of hydrogen-bond donors (Lipinski definition) is 1. The van der Waals surface area contributed by atoms with Gasteiger partial charge in [-0.2, -0.15) is 0 Å². The lowest BCUT2D eigenvalue weighted by Crippen LogP contribution is -2.29. The van der Waals surface area contributed by atoms with Gasteiger partial charge in [0.2, 0.25) is 10.0 Å². The highest BCUT2D eigenvalue weighted by Gasteiger charge is 2.25. The zero-order valence-corrected chi connectivity index (χ0v) is 15.2. The van der Waals surface area contributed by atoms with Crippen LogP contribution in [0.2, 0.25) is 5.02 Å². The molecule has 2 aromatic carbocycles. The van der Waals surface area contributed by atoms with Gasteiger partial charge in [-0.05, 0) is 48.7 Å². The minimum Gasteiger partial charge on any atom is -0.322 e. The molecule has 0 aromatic heterocycles. The highest BCUT2D eigenvalue weighted by Crippen LogP contribution is 2.19. The molecule has 1 fully saturated rings. The molecule has 7 heteroatoms. The van der Waals surface area contributed by atoms with Gasteiger partial charge in [0.25, 0.3) is 5.91 Å². The Labute approximate surface area is 152 Å². The maximum Gasteiger partial charge on any atom is 0.255 e. The van der Waals surface area contributed by atoms with E-state index in [0.717, 1.165) is 12.8 Å². The molecule has 1 N–H and O–H groups in total. The van der Waals surface area contributed by atoms with Crippen LogP contribution in [-0.4, -0.2) is 31.7 Å². The summed E-state index contributed by atoms with van der Waals surface area (Å²) in [7, 11) is -3.28. The van der Waals surface area contributed by atoms with Gasteiger partial charge in [0.1, 0.15) is 0 Å². The lowest BCUT2D eigenvalue weighted by molar-refractivity contribution is 0.102. The summed E-state index contributed by atoms with van der Waals surface area (Å²) in [6.07, 6.45) is 1.84. The van der Waals surface area contributed by atoms with Crippen LogP contribution < -0.4 is 5.32 Å². The SMILES string of the molecule is O=C(Nc1cccc(Cl)c1)c1ccc(CS(=O)(=O)N2CCCC2)cc1. The van der Waals surface area contributed by atoms with Crippen molar-refractivity contribution < 1.29 is 13.2 Å². The third-order valence-electron chi connectivity index (χ3n) is 4.11. The summed E-state index contributed by atoms with van der Waals surface area (Å²) < 4.78 is 26.2. The fourth-order valence-corrected chi connectivity index (χ4v) is 4.59. The second-order valence-corrected chi connectivity index (χ2v) is 8.43. The number of carbonyl (C=O) groups is 1. The van der Waals surface area contributed by atoms with Crippen molar-refractivity contribution in [1.82, 2.24) is 4.31 Å². The van der Waals surface area contributed by atoms with Gasteiger partial charge in [-0.1, -0.05) is 29.8 Å². The van der Waals surface area contributed by atoms with E-state index in [9.17, 15) is 13.2 Å². The molecular formula is C18H19ClN2O3S. The second-order valence-electron chi connectivity index (χ2n) is 6.02. The van der Waals surface area contributed by atoms with E-state index < -0.39 is 10.0 Å². The molecule has 1 aliphatic heterocycles. The Morgan fingerprint density at radius 1 is 1.08 bits per heavy atom. The Kier molecular flexibility index (Phi) is 5.42. The van der Waals surface area contributed by atoms with E-state index in [1.165, 1.54) is 4.31 Å². The van der Waals surface area contributed by atoms with Crippen LogP contribution in [0.25, 0.3) is 0 Å². The lowest BCUT2D eigenvalue weighted by atomic mass is 10.1. The summed E-state index contributed by atoms with van der Waals surface area (Å²) in [5.74, 6) is -0.306. The molecule has 0 radical (unpaired) electrons. The van der Waals surface area contributed by atoms with Crippen LogP contribution in [0, 0.1) is 0 Å². The van der Waals surface area contributed by atoms with Crippen molar-refractivity contribution in [2.75, 3.05) is 18.4 Å². The standard InChI is InChI=1S/C18H19ClN2O3S/c19-16-4-3-5-17(12-16)20-18(22)15-8-6-14(7-9-15)13-25(23,24)21-10-1-2-11-21/h3-9,12H,1-2,10-11,13H2,(H,20,22). The molecule has 3 rings (SSSR count). The number of benzene rings is 2. The molecule has 0 saturated carbocycles. The Bertz CT molecular complexity index is 860. The Hall–Kier alpha value is -1.89. The predicted molar refractivity (Wildman–Crippen MR) is 99.3 cm³/mol. The molecule has 2 aromatic rings. The normalized spacial score (nSPS) is 15.2. The number of carbonyl (C=O) groups excluding carboxylic acids is 1. The summed E-state index contributed by atoms with van der Waals surface area (Å²) in [5.41, 5.74) is 1.74. The van der Waals surface area contributed by atoms with Crippen molar-refractivity contribution in [3.8, 4) is 0 Å². The number of hydrogen-bond acceptors (Lipinski definition) is 3. The summed E-state index contributed by atoms with van der Waals surface area (Å²) in [4.78, 5) is 12.3. The number of halogens is 1. The molecule has 1 saturated heterocycles. The molecule has 5 nitrogen and oxygen atoms in total. The zero-order chi connectivity index (χ0) is 17.9. The van der Waals surface area contributed by atoms with Crippen molar-refractivity contribution in [2.45, 2.75) is 18.6 Å². The Morgan fingerprint density at radius 2 is 1.76 bits per heavy atom. The largest absolute Gasteiger partial charge is 0.322 e. The van der Waals surface area contributed by atoms with Crippen LogP contribution in [0.5, 0.6) is 0 Å². The molecule has 0 bridgehead atoms. The minimum atomic E-state index is -3.28. The number of nitrogens with one attached hydrogen (secondary N) is 1. The van der Waals surface area contributed by atoms with Gasteiger partial charge >= 0.3 is 0 Å². The highest BCUT2D eigenvalue weighted by atomic mass is 35.5. The molecule has 0 unspecified atom stereocenters. The van der Waals surface area contributed by atoms with Gasteiger partial charge in [0.15, 0.2) is 0 Å². The molecular weight excluding hydrogens is 360 g/mol. The molecule has 25 heavy (non-hydrogen) atoms. The Balaban J connectivity index is 1.66. The van der Waals surface area contributed by atoms with Crippen molar-refractivity contribution >= 4 is 33.2 Å². The molecule has 0 atom stereocenters. The lowest BCUT2D eigenvalue weighted by Gasteiger charge is -2.15. The van der Waals surface area contributed by atoms with Crippen LogP contribution in [0.3, 0.4) is 0 Å². The van der Waals surface area contributed by atoms with E-state index in [1.807, 2.05) is 0 Å². The fraction of sp³-hybridized carbons (Fsp3) is 0.278. The van der Waals surface area contributed by atoms with Crippen molar-refractivity contribution in [2.24, 2.45) is 0 Å². The maximum absolute atomic E-state index is 12.3. The van der Waals surface area contributed by atoms with E-state index in [1.54, 1.807) is 48.5 Å². The third kappa shape index (κ3) is 4.60. The van der Waals surface area contributed by atoms with Crippen LogP contribution in [-0.2, 0) is 15.8 Å². The van der Waals surface area contributed by atoms with E-state index in [4.69, 9.17) is 11.6 Å². The number of sulfonamides is 1. The smallest absolute Gasteiger partial charge is 0.255 e. The summed E-state index contributed by atoms with van der Waals surface area (Å²) in [5, 5.41) is 3.30. The highest BCUT2D eigenvalue weighted by molar-refractivity contribution is 7.88. The van der Waals surface area contributed by atoms with Crippen LogP contribution in [0.4, 0.5) is 5.69 Å². The second kappa shape index (κ2) is 7.56. The first-order chi connectivity index (χ1) is 11.9. The van der Waals surface area contributed by atoms with Gasteiger partial charge in [-0.25, -0.2) is 12.7 Å². The summed E-state index contributed by atoms with van der Waals surface area (Å²) >= 11 is 5.90. The molecule has 132 valence electrons. The monoisotopic (exact) mass is 378 g/mol. The average molecular weight is 379 g/mol. The number of anilines is 1. The fourth-order valence-electron chi connectivity index (χ4n) is 2.79. The van der Waals surface area contributed by atoms with Crippen molar-refractivity contribution in [3.63, 3.8) is 0 Å². The molecule has 1 aliphatic rings. The van der Waals surface area contributed by atoms with Gasteiger partial charge in [0.05, 0.1) is 5.75 Å². The predicted octanol–water partition coefficient (Wildman–Crippen LogP) is 3.52. The molecule has 0 aliphatic carbocycles. The molecule has 1 heterocycles. The van der Waals surface area contributed by atoms with Gasteiger partial charge in [-0.3, -0.25) is 4.79 Å². The van der Waals surface area contributed by atoms with Gasteiger partial charge < -0.3 is 5.32 Å². The number of rotatable bonds is 5. The van der Waals surface area contributed by atoms with Gasteiger partial charge in [0, 0.05) is 29.4 Å². The number of amides is 1. The third-order valence-corrected chi connectivity index (χ3v) is 6.19. The van der Waals surface area contributed by atoms with E-state index in [-0.39, 0.29) is 11.7 Å². The maximum atomic E-state index is 12.3. The van der Waals surface area contributed by atoms with Crippen molar-refractivity contribution in [1.29, 1.82) is 0 Å². The van der Waals surface area contributed by atoms with Gasteiger partial charge in [-0.15, -0.1) is 0 Å². The first-order valence-electron chi connectivity index (χ1n) is 8.08.